The molecule has 0 unspecified atom stereocenters. The van der Waals surface area contributed by atoms with Crippen molar-refractivity contribution in [2.45, 2.75) is 26.4 Å². The molecule has 2 aromatic carbocycles. The third-order valence-electron chi connectivity index (χ3n) is 3.95. The monoisotopic (exact) mass is 375 g/mol. The van der Waals surface area contributed by atoms with Gasteiger partial charge in [-0.3, -0.25) is 9.59 Å². The lowest BCUT2D eigenvalue weighted by molar-refractivity contribution is -0.152. The van der Waals surface area contributed by atoms with E-state index in [-0.39, 0.29) is 6.42 Å². The van der Waals surface area contributed by atoms with Crippen molar-refractivity contribution in [3.63, 3.8) is 0 Å². The number of halogens is 1. The van der Waals surface area contributed by atoms with Crippen LogP contribution in [0.1, 0.15) is 18.1 Å². The molecule has 144 valence electrons. The second-order valence-corrected chi connectivity index (χ2v) is 5.94. The van der Waals surface area contributed by atoms with Crippen molar-refractivity contribution in [3.8, 4) is 11.5 Å². The first-order valence-electron chi connectivity index (χ1n) is 8.31. The van der Waals surface area contributed by atoms with E-state index in [4.69, 9.17) is 14.2 Å². The van der Waals surface area contributed by atoms with Crippen molar-refractivity contribution in [2.24, 2.45) is 0 Å². The number of aryl methyl sites for hydroxylation is 1. The fraction of sp³-hybridized carbons (Fsp3) is 0.300. The van der Waals surface area contributed by atoms with Gasteiger partial charge < -0.3 is 19.5 Å². The highest BCUT2D eigenvalue weighted by molar-refractivity contribution is 5.95. The number of ether oxygens (including phenoxy) is 3. The minimum absolute atomic E-state index is 0.0655. The molecule has 6 nitrogen and oxygen atoms in total. The van der Waals surface area contributed by atoms with E-state index in [2.05, 4.69) is 5.32 Å². The molecule has 0 spiro atoms. The van der Waals surface area contributed by atoms with Crippen molar-refractivity contribution < 1.29 is 28.2 Å². The molecule has 0 heterocycles. The van der Waals surface area contributed by atoms with Gasteiger partial charge in [0.25, 0.3) is 5.91 Å². The summed E-state index contributed by atoms with van der Waals surface area (Å²) >= 11 is 0. The zero-order chi connectivity index (χ0) is 20.0. The van der Waals surface area contributed by atoms with E-state index < -0.39 is 23.8 Å². The van der Waals surface area contributed by atoms with Crippen LogP contribution in [-0.2, 0) is 20.7 Å². The van der Waals surface area contributed by atoms with Gasteiger partial charge in [0.15, 0.2) is 6.10 Å². The Morgan fingerprint density at radius 3 is 2.48 bits per heavy atom. The molecule has 1 atom stereocenters. The number of nitrogens with one attached hydrogen (secondary N) is 1. The van der Waals surface area contributed by atoms with Crippen LogP contribution in [0, 0.1) is 12.7 Å². The van der Waals surface area contributed by atoms with Crippen LogP contribution in [0.2, 0.25) is 0 Å². The van der Waals surface area contributed by atoms with E-state index in [9.17, 15) is 14.0 Å². The SMILES string of the molecule is COc1ccc(CC(=O)O[C@H](C)C(=O)Nc2ccc(C)c(F)c2)c(OC)c1. The van der Waals surface area contributed by atoms with Crippen LogP contribution >= 0.6 is 0 Å². The van der Waals surface area contributed by atoms with E-state index >= 15 is 0 Å². The van der Waals surface area contributed by atoms with E-state index in [1.165, 1.54) is 27.2 Å². The number of benzene rings is 2. The molecule has 2 rings (SSSR count). The second-order valence-electron chi connectivity index (χ2n) is 5.94. The highest BCUT2D eigenvalue weighted by Crippen LogP contribution is 2.25. The summed E-state index contributed by atoms with van der Waals surface area (Å²) in [5.41, 5.74) is 1.38. The summed E-state index contributed by atoms with van der Waals surface area (Å²) in [6.07, 6.45) is -1.10. The molecule has 1 N–H and O–H groups in total. The van der Waals surface area contributed by atoms with Crippen molar-refractivity contribution in [3.05, 3.63) is 53.3 Å². The smallest absolute Gasteiger partial charge is 0.311 e. The van der Waals surface area contributed by atoms with Gasteiger partial charge in [-0.25, -0.2) is 4.39 Å². The lowest BCUT2D eigenvalue weighted by Crippen LogP contribution is -2.30. The van der Waals surface area contributed by atoms with Gasteiger partial charge in [0, 0.05) is 17.3 Å². The Labute approximate surface area is 157 Å². The Hall–Kier alpha value is -3.09. The zero-order valence-corrected chi connectivity index (χ0v) is 15.7. The summed E-state index contributed by atoms with van der Waals surface area (Å²) in [7, 11) is 3.02. The molecule has 0 fully saturated rings. The van der Waals surface area contributed by atoms with Crippen molar-refractivity contribution in [1.82, 2.24) is 0 Å². The Bertz CT molecular complexity index is 837. The van der Waals surface area contributed by atoms with Crippen molar-refractivity contribution in [2.75, 3.05) is 19.5 Å². The summed E-state index contributed by atoms with van der Waals surface area (Å²) in [5.74, 6) is -0.478. The van der Waals surface area contributed by atoms with Gasteiger partial charge in [0.1, 0.15) is 17.3 Å². The first-order valence-corrected chi connectivity index (χ1v) is 8.31. The molecular formula is C20H22FNO5. The molecule has 0 aromatic heterocycles. The maximum absolute atomic E-state index is 13.6. The third kappa shape index (κ3) is 5.44. The van der Waals surface area contributed by atoms with Crippen LogP contribution in [0.15, 0.2) is 36.4 Å². The quantitative estimate of drug-likeness (QED) is 0.752. The Kier molecular flexibility index (Phi) is 6.76. The highest BCUT2D eigenvalue weighted by atomic mass is 19.1. The number of rotatable bonds is 7. The lowest BCUT2D eigenvalue weighted by Gasteiger charge is -2.15. The topological polar surface area (TPSA) is 73.9 Å². The van der Waals surface area contributed by atoms with E-state index in [1.807, 2.05) is 0 Å². The fourth-order valence-electron chi connectivity index (χ4n) is 2.36. The molecule has 0 saturated carbocycles. The van der Waals surface area contributed by atoms with Gasteiger partial charge in [-0.1, -0.05) is 12.1 Å². The number of carbonyl (C=O) groups excluding carboxylic acids is 2. The predicted molar refractivity (Wildman–Crippen MR) is 98.6 cm³/mol. The number of hydrogen-bond acceptors (Lipinski definition) is 5. The normalized spacial score (nSPS) is 11.4. The number of methoxy groups -OCH3 is 2. The van der Waals surface area contributed by atoms with E-state index in [0.717, 1.165) is 0 Å². The second kappa shape index (κ2) is 9.02. The molecule has 7 heteroatoms. The standard InChI is InChI=1S/C20H22FNO5/c1-12-5-7-15(10-17(12)21)22-20(24)13(2)27-19(23)9-14-6-8-16(25-3)11-18(14)26-4/h5-8,10-11,13H,9H2,1-4H3,(H,22,24)/t13-/m1/s1. The highest BCUT2D eigenvalue weighted by Gasteiger charge is 2.19. The lowest BCUT2D eigenvalue weighted by atomic mass is 10.1. The van der Waals surface area contributed by atoms with E-state index in [0.29, 0.717) is 28.3 Å². The molecule has 0 saturated heterocycles. The van der Waals surface area contributed by atoms with Crippen LogP contribution < -0.4 is 14.8 Å². The number of amides is 1. The molecule has 0 aliphatic carbocycles. The number of hydrogen-bond donors (Lipinski definition) is 1. The Balaban J connectivity index is 1.96. The summed E-state index contributed by atoms with van der Waals surface area (Å²) in [5, 5.41) is 2.52. The largest absolute Gasteiger partial charge is 0.497 e. The van der Waals surface area contributed by atoms with Gasteiger partial charge in [-0.05, 0) is 37.6 Å². The minimum Gasteiger partial charge on any atom is -0.497 e. The van der Waals surface area contributed by atoms with Gasteiger partial charge in [-0.15, -0.1) is 0 Å². The summed E-state index contributed by atoms with van der Waals surface area (Å²) in [4.78, 5) is 24.3. The summed E-state index contributed by atoms with van der Waals surface area (Å²) < 4.78 is 29.1. The number of esters is 1. The first kappa shape index (κ1) is 20.2. The first-order chi connectivity index (χ1) is 12.8. The van der Waals surface area contributed by atoms with Crippen molar-refractivity contribution in [1.29, 1.82) is 0 Å². The average molecular weight is 375 g/mol. The molecule has 0 aliphatic heterocycles. The van der Waals surface area contributed by atoms with Gasteiger partial charge in [0.05, 0.1) is 20.6 Å². The maximum atomic E-state index is 13.6. The number of carbonyl (C=O) groups is 2. The maximum Gasteiger partial charge on any atom is 0.311 e. The molecule has 2 aromatic rings. The molecule has 0 aliphatic rings. The number of anilines is 1. The summed E-state index contributed by atoms with van der Waals surface area (Å²) in [6, 6.07) is 9.39. The summed E-state index contributed by atoms with van der Waals surface area (Å²) in [6.45, 7) is 3.07. The predicted octanol–water partition coefficient (Wildman–Crippen LogP) is 3.26. The van der Waals surface area contributed by atoms with Crippen LogP contribution in [0.3, 0.4) is 0 Å². The molecular weight excluding hydrogens is 353 g/mol. The molecule has 27 heavy (non-hydrogen) atoms. The molecule has 0 bridgehead atoms. The van der Waals surface area contributed by atoms with Crippen LogP contribution in [0.5, 0.6) is 11.5 Å². The molecule has 1 amide bonds. The minimum atomic E-state index is -1.04. The average Bonchev–Trinajstić information content (AvgIpc) is 2.64. The van der Waals surface area contributed by atoms with Crippen LogP contribution in [0.25, 0.3) is 0 Å². The Morgan fingerprint density at radius 1 is 1.11 bits per heavy atom. The van der Waals surface area contributed by atoms with E-state index in [1.54, 1.807) is 37.3 Å². The zero-order valence-electron chi connectivity index (χ0n) is 15.7. The van der Waals surface area contributed by atoms with Crippen molar-refractivity contribution >= 4 is 17.6 Å². The van der Waals surface area contributed by atoms with Gasteiger partial charge in [0.2, 0.25) is 0 Å². The van der Waals surface area contributed by atoms with Gasteiger partial charge in [-0.2, -0.15) is 0 Å². The van der Waals surface area contributed by atoms with Crippen LogP contribution in [-0.4, -0.2) is 32.2 Å². The fourth-order valence-corrected chi connectivity index (χ4v) is 2.36. The third-order valence-corrected chi connectivity index (χ3v) is 3.95. The van der Waals surface area contributed by atoms with Gasteiger partial charge >= 0.3 is 5.97 Å². The van der Waals surface area contributed by atoms with Crippen LogP contribution in [0.4, 0.5) is 10.1 Å². The molecule has 0 radical (unpaired) electrons. The Morgan fingerprint density at radius 2 is 1.85 bits per heavy atom.